The number of quaternary nitrogens is 1. The molecule has 0 fully saturated rings. The number of rotatable bonds is 4. The highest BCUT2D eigenvalue weighted by Crippen LogP contribution is 2.27. The normalized spacial score (nSPS) is 29.9. The summed E-state index contributed by atoms with van der Waals surface area (Å²) in [4.78, 5) is 0. The van der Waals surface area contributed by atoms with Crippen molar-refractivity contribution < 1.29 is 4.48 Å². The standard InChI is InChI=1S/C13H22N/c1-5-8-12-10-7-11-13(9-6-2)14(12,3)4/h5-7,10,12-13H,1-2,8-9,11H2,3-4H3/q+1/t12-,13+/m0/s1. The molecule has 0 aromatic rings. The molecule has 1 aliphatic heterocycles. The summed E-state index contributed by atoms with van der Waals surface area (Å²) in [5.74, 6) is 0. The second kappa shape index (κ2) is 4.61. The van der Waals surface area contributed by atoms with Crippen LogP contribution in [0.5, 0.6) is 0 Å². The van der Waals surface area contributed by atoms with Crippen LogP contribution in [0.15, 0.2) is 37.5 Å². The average Bonchev–Trinajstić information content (AvgIpc) is 2.13. The Hall–Kier alpha value is -0.820. The summed E-state index contributed by atoms with van der Waals surface area (Å²) >= 11 is 0. The lowest BCUT2D eigenvalue weighted by molar-refractivity contribution is -0.933. The first kappa shape index (κ1) is 11.3. The molecule has 0 aromatic heterocycles. The van der Waals surface area contributed by atoms with E-state index in [4.69, 9.17) is 0 Å². The van der Waals surface area contributed by atoms with Crippen molar-refractivity contribution in [3.8, 4) is 0 Å². The van der Waals surface area contributed by atoms with Crippen molar-refractivity contribution in [2.75, 3.05) is 14.1 Å². The highest BCUT2D eigenvalue weighted by Gasteiger charge is 2.35. The Kier molecular flexibility index (Phi) is 3.70. The summed E-state index contributed by atoms with van der Waals surface area (Å²) in [5, 5.41) is 0. The van der Waals surface area contributed by atoms with E-state index in [0.29, 0.717) is 12.1 Å². The Balaban J connectivity index is 2.78. The third-order valence-corrected chi connectivity index (χ3v) is 3.41. The summed E-state index contributed by atoms with van der Waals surface area (Å²) in [5.41, 5.74) is 0. The SMILES string of the molecule is C=CC[C@@H]1CC=C[C@H](CC=C)[N+]1(C)C. The maximum Gasteiger partial charge on any atom is 0.111 e. The molecule has 0 amide bonds. The van der Waals surface area contributed by atoms with Crippen molar-refractivity contribution in [3.05, 3.63) is 37.5 Å². The third-order valence-electron chi connectivity index (χ3n) is 3.41. The molecule has 0 saturated heterocycles. The van der Waals surface area contributed by atoms with Gasteiger partial charge in [0.15, 0.2) is 0 Å². The lowest BCUT2D eigenvalue weighted by Gasteiger charge is -2.45. The largest absolute Gasteiger partial charge is 0.320 e. The van der Waals surface area contributed by atoms with Crippen LogP contribution in [0.3, 0.4) is 0 Å². The molecule has 14 heavy (non-hydrogen) atoms. The Morgan fingerprint density at radius 1 is 1.29 bits per heavy atom. The molecule has 0 aromatic carbocycles. The number of nitrogens with zero attached hydrogens (tertiary/aromatic N) is 1. The minimum Gasteiger partial charge on any atom is -0.320 e. The molecular weight excluding hydrogens is 170 g/mol. The monoisotopic (exact) mass is 192 g/mol. The van der Waals surface area contributed by atoms with Gasteiger partial charge in [-0.3, -0.25) is 0 Å². The van der Waals surface area contributed by atoms with Gasteiger partial charge in [-0.1, -0.05) is 18.2 Å². The van der Waals surface area contributed by atoms with E-state index in [0.717, 1.165) is 17.3 Å². The fourth-order valence-electron chi connectivity index (χ4n) is 2.24. The average molecular weight is 192 g/mol. The number of hydrogen-bond donors (Lipinski definition) is 0. The van der Waals surface area contributed by atoms with Crippen molar-refractivity contribution in [1.82, 2.24) is 0 Å². The van der Waals surface area contributed by atoms with Crippen molar-refractivity contribution >= 4 is 0 Å². The summed E-state index contributed by atoms with van der Waals surface area (Å²) in [6.45, 7) is 7.66. The van der Waals surface area contributed by atoms with Gasteiger partial charge in [0.1, 0.15) is 6.04 Å². The second-order valence-electron chi connectivity index (χ2n) is 4.56. The molecule has 1 rings (SSSR count). The van der Waals surface area contributed by atoms with Gasteiger partial charge in [-0.15, -0.1) is 13.2 Å². The first-order chi connectivity index (χ1) is 6.62. The van der Waals surface area contributed by atoms with Crippen LogP contribution < -0.4 is 0 Å². The summed E-state index contributed by atoms with van der Waals surface area (Å²) in [6, 6.07) is 1.27. The van der Waals surface area contributed by atoms with Gasteiger partial charge in [0.25, 0.3) is 0 Å². The molecule has 0 bridgehead atoms. The van der Waals surface area contributed by atoms with E-state index < -0.39 is 0 Å². The van der Waals surface area contributed by atoms with Crippen LogP contribution in [0.25, 0.3) is 0 Å². The van der Waals surface area contributed by atoms with Crippen LogP contribution in [-0.4, -0.2) is 30.7 Å². The molecule has 1 heteroatoms. The first-order valence-corrected chi connectivity index (χ1v) is 5.34. The summed E-state index contributed by atoms with van der Waals surface area (Å²) < 4.78 is 1.06. The van der Waals surface area contributed by atoms with E-state index in [2.05, 4.69) is 39.4 Å². The Morgan fingerprint density at radius 3 is 2.50 bits per heavy atom. The van der Waals surface area contributed by atoms with E-state index in [1.165, 1.54) is 6.42 Å². The molecule has 78 valence electrons. The minimum absolute atomic E-state index is 0.589. The topological polar surface area (TPSA) is 0 Å². The molecular formula is C13H22N+. The van der Waals surface area contributed by atoms with E-state index >= 15 is 0 Å². The van der Waals surface area contributed by atoms with Gasteiger partial charge in [-0.05, 0) is 6.08 Å². The van der Waals surface area contributed by atoms with Crippen molar-refractivity contribution in [2.24, 2.45) is 0 Å². The zero-order valence-electron chi connectivity index (χ0n) is 9.45. The molecule has 2 atom stereocenters. The van der Waals surface area contributed by atoms with Gasteiger partial charge in [0, 0.05) is 19.3 Å². The van der Waals surface area contributed by atoms with Crippen LogP contribution >= 0.6 is 0 Å². The van der Waals surface area contributed by atoms with Gasteiger partial charge in [0.2, 0.25) is 0 Å². The number of hydrogen-bond acceptors (Lipinski definition) is 0. The molecule has 1 heterocycles. The summed E-state index contributed by atoms with van der Waals surface area (Å²) in [7, 11) is 4.62. The third kappa shape index (κ3) is 2.16. The Labute approximate surface area is 88.0 Å². The van der Waals surface area contributed by atoms with E-state index in [1.54, 1.807) is 0 Å². The molecule has 1 nitrogen and oxygen atoms in total. The minimum atomic E-state index is 0.589. The fourth-order valence-corrected chi connectivity index (χ4v) is 2.24. The predicted molar refractivity (Wildman–Crippen MR) is 63.1 cm³/mol. The van der Waals surface area contributed by atoms with Crippen molar-refractivity contribution in [3.63, 3.8) is 0 Å². The molecule has 0 saturated carbocycles. The highest BCUT2D eigenvalue weighted by atomic mass is 15.4. The van der Waals surface area contributed by atoms with Crippen molar-refractivity contribution in [2.45, 2.75) is 31.3 Å². The molecule has 0 aliphatic carbocycles. The molecule has 1 aliphatic rings. The molecule has 0 N–H and O–H groups in total. The van der Waals surface area contributed by atoms with Crippen molar-refractivity contribution in [1.29, 1.82) is 0 Å². The maximum absolute atomic E-state index is 3.84. The van der Waals surface area contributed by atoms with Crippen LogP contribution in [0.4, 0.5) is 0 Å². The van der Waals surface area contributed by atoms with Gasteiger partial charge in [-0.25, -0.2) is 0 Å². The van der Waals surface area contributed by atoms with Crippen LogP contribution in [-0.2, 0) is 0 Å². The number of likely N-dealkylation sites (N-methyl/N-ethyl adjacent to an activating group) is 1. The Morgan fingerprint density at radius 2 is 1.93 bits per heavy atom. The van der Waals surface area contributed by atoms with E-state index in [1.807, 2.05) is 12.2 Å². The lowest BCUT2D eigenvalue weighted by atomic mass is 9.95. The van der Waals surface area contributed by atoms with Gasteiger partial charge < -0.3 is 4.48 Å². The van der Waals surface area contributed by atoms with Crippen LogP contribution in [0.2, 0.25) is 0 Å². The van der Waals surface area contributed by atoms with Gasteiger partial charge >= 0.3 is 0 Å². The molecule has 0 unspecified atom stereocenters. The zero-order valence-corrected chi connectivity index (χ0v) is 9.45. The van der Waals surface area contributed by atoms with Crippen LogP contribution in [0.1, 0.15) is 19.3 Å². The summed E-state index contributed by atoms with van der Waals surface area (Å²) in [6.07, 6.45) is 12.0. The molecule has 0 radical (unpaired) electrons. The Bertz CT molecular complexity index is 238. The zero-order chi connectivity index (χ0) is 10.6. The maximum atomic E-state index is 3.84. The predicted octanol–water partition coefficient (Wildman–Crippen LogP) is 2.91. The lowest BCUT2D eigenvalue weighted by Crippen LogP contribution is -2.56. The van der Waals surface area contributed by atoms with Gasteiger partial charge in [-0.2, -0.15) is 0 Å². The quantitative estimate of drug-likeness (QED) is 0.474. The second-order valence-corrected chi connectivity index (χ2v) is 4.56. The van der Waals surface area contributed by atoms with Crippen LogP contribution in [0, 0.1) is 0 Å². The first-order valence-electron chi connectivity index (χ1n) is 5.34. The molecule has 0 spiro atoms. The van der Waals surface area contributed by atoms with Gasteiger partial charge in [0.05, 0.1) is 20.1 Å². The van der Waals surface area contributed by atoms with E-state index in [9.17, 15) is 0 Å². The smallest absolute Gasteiger partial charge is 0.111 e. The fraction of sp³-hybridized carbons (Fsp3) is 0.538. The van der Waals surface area contributed by atoms with E-state index in [-0.39, 0.29) is 0 Å². The highest BCUT2D eigenvalue weighted by molar-refractivity contribution is 4.99.